The fourth-order valence-corrected chi connectivity index (χ4v) is 3.60. The Kier molecular flexibility index (Phi) is 8.14. The molecule has 11 nitrogen and oxygen atoms in total. The molecule has 1 unspecified atom stereocenters. The fraction of sp³-hybridized carbons (Fsp3) is 0.0800. The Hall–Kier alpha value is -4.97. The van der Waals surface area contributed by atoms with Gasteiger partial charge in [-0.05, 0) is 46.3 Å². The highest BCUT2D eigenvalue weighted by Gasteiger charge is 2.22. The highest BCUT2D eigenvalue weighted by Crippen LogP contribution is 2.25. The first-order valence-electron chi connectivity index (χ1n) is 11.1. The van der Waals surface area contributed by atoms with Crippen LogP contribution < -0.4 is 10.6 Å². The van der Waals surface area contributed by atoms with Gasteiger partial charge in [0.1, 0.15) is 18.2 Å². The summed E-state index contributed by atoms with van der Waals surface area (Å²) < 4.78 is 16.0. The summed E-state index contributed by atoms with van der Waals surface area (Å²) in [6.45, 7) is 0. The third-order valence-corrected chi connectivity index (χ3v) is 5.58. The van der Waals surface area contributed by atoms with Crippen molar-refractivity contribution in [1.29, 1.82) is 0 Å². The Bertz CT molecular complexity index is 1480. The lowest BCUT2D eigenvalue weighted by molar-refractivity contribution is -0.123. The average molecular weight is 536 g/mol. The minimum absolute atomic E-state index is 0.0354. The summed E-state index contributed by atoms with van der Waals surface area (Å²) in [7, 11) is 0. The van der Waals surface area contributed by atoms with Crippen molar-refractivity contribution in [3.8, 4) is 5.69 Å². The lowest BCUT2D eigenvalue weighted by Crippen LogP contribution is -2.44. The molecule has 0 spiro atoms. The second kappa shape index (κ2) is 11.8. The van der Waals surface area contributed by atoms with E-state index < -0.39 is 29.6 Å². The number of carboxylic acids is 1. The van der Waals surface area contributed by atoms with E-state index in [1.165, 1.54) is 41.4 Å². The second-order valence-electron chi connectivity index (χ2n) is 7.86. The van der Waals surface area contributed by atoms with Crippen LogP contribution >= 0.6 is 11.6 Å². The molecule has 2 heterocycles. The smallest absolute Gasteiger partial charge is 0.337 e. The molecule has 2 aromatic heterocycles. The van der Waals surface area contributed by atoms with Crippen molar-refractivity contribution >= 4 is 41.3 Å². The number of amides is 2. The van der Waals surface area contributed by atoms with Crippen LogP contribution in [0, 0.1) is 5.82 Å². The van der Waals surface area contributed by atoms with E-state index in [0.29, 0.717) is 0 Å². The Morgan fingerprint density at radius 1 is 1.11 bits per heavy atom. The van der Waals surface area contributed by atoms with Crippen LogP contribution in [0.4, 0.5) is 10.2 Å². The van der Waals surface area contributed by atoms with Gasteiger partial charge >= 0.3 is 5.97 Å². The number of halogens is 2. The highest BCUT2D eigenvalue weighted by molar-refractivity contribution is 6.31. The summed E-state index contributed by atoms with van der Waals surface area (Å²) in [5.74, 6) is -3.10. The van der Waals surface area contributed by atoms with E-state index in [2.05, 4.69) is 31.1 Å². The van der Waals surface area contributed by atoms with Gasteiger partial charge in [-0.1, -0.05) is 41.9 Å². The first kappa shape index (κ1) is 26.1. The molecule has 2 aromatic carbocycles. The van der Waals surface area contributed by atoms with E-state index in [-0.39, 0.29) is 34.1 Å². The first-order valence-corrected chi connectivity index (χ1v) is 11.4. The molecular formula is C25H19ClFN7O4. The van der Waals surface area contributed by atoms with Gasteiger partial charge in [0.15, 0.2) is 5.82 Å². The van der Waals surface area contributed by atoms with Gasteiger partial charge < -0.3 is 15.7 Å². The van der Waals surface area contributed by atoms with Gasteiger partial charge in [-0.25, -0.2) is 14.2 Å². The zero-order chi connectivity index (χ0) is 27.1. The number of pyridine rings is 1. The largest absolute Gasteiger partial charge is 0.478 e. The van der Waals surface area contributed by atoms with Crippen molar-refractivity contribution in [3.63, 3.8) is 0 Å². The van der Waals surface area contributed by atoms with Crippen molar-refractivity contribution < 1.29 is 23.9 Å². The van der Waals surface area contributed by atoms with Gasteiger partial charge in [0.05, 0.1) is 16.3 Å². The van der Waals surface area contributed by atoms with Crippen LogP contribution in [0.2, 0.25) is 5.02 Å². The number of nitrogens with zero attached hydrogens (tertiary/aromatic N) is 5. The van der Waals surface area contributed by atoms with Crippen molar-refractivity contribution in [3.05, 3.63) is 101 Å². The van der Waals surface area contributed by atoms with Gasteiger partial charge in [-0.15, -0.1) is 5.10 Å². The van der Waals surface area contributed by atoms with E-state index in [9.17, 15) is 18.8 Å². The summed E-state index contributed by atoms with van der Waals surface area (Å²) in [5.41, 5.74) is 0.937. The van der Waals surface area contributed by atoms with Crippen molar-refractivity contribution in [2.24, 2.45) is 0 Å². The number of carbonyl (C=O) groups excluding carboxylic acids is 2. The molecular weight excluding hydrogens is 517 g/mol. The zero-order valence-electron chi connectivity index (χ0n) is 19.5. The average Bonchev–Trinajstić information content (AvgIpc) is 3.45. The van der Waals surface area contributed by atoms with Crippen LogP contribution in [0.1, 0.15) is 21.5 Å². The number of carboxylic acid groups (broad SMARTS) is 1. The number of hydrogen-bond donors (Lipinski definition) is 3. The molecule has 38 heavy (non-hydrogen) atoms. The lowest BCUT2D eigenvalue weighted by Gasteiger charge is -2.18. The molecule has 0 aliphatic rings. The molecule has 3 N–H and O–H groups in total. The molecule has 0 saturated carbocycles. The van der Waals surface area contributed by atoms with Crippen LogP contribution in [0.15, 0.2) is 73.2 Å². The SMILES string of the molecule is O=C(C=Cc1c(-n2cnnn2)ccc(Cl)c1F)NC(Cc1ccccc1)C(=O)Nc1ccc(C(=O)O)cn1. The van der Waals surface area contributed by atoms with E-state index in [0.717, 1.165) is 17.8 Å². The molecule has 0 saturated heterocycles. The standard InChI is InChI=1S/C25H19ClFN7O4/c26-18-8-9-20(34-14-29-32-33-34)17(23(18)27)7-11-22(35)30-19(12-15-4-2-1-3-5-15)24(36)31-21-10-6-16(13-28-21)25(37)38/h1-11,13-14,19H,12H2,(H,30,35)(H,37,38)(H,28,31,36). The molecule has 0 bridgehead atoms. The van der Waals surface area contributed by atoms with Crippen LogP contribution in [0.5, 0.6) is 0 Å². The molecule has 192 valence electrons. The number of carbonyl (C=O) groups is 3. The molecule has 0 radical (unpaired) electrons. The third kappa shape index (κ3) is 6.42. The second-order valence-corrected chi connectivity index (χ2v) is 8.27. The van der Waals surface area contributed by atoms with Crippen LogP contribution in [-0.2, 0) is 16.0 Å². The normalized spacial score (nSPS) is 11.7. The Balaban J connectivity index is 1.54. The van der Waals surface area contributed by atoms with E-state index in [4.69, 9.17) is 16.7 Å². The minimum atomic E-state index is -1.16. The van der Waals surface area contributed by atoms with E-state index in [1.54, 1.807) is 24.3 Å². The maximum absolute atomic E-state index is 14.8. The maximum atomic E-state index is 14.8. The lowest BCUT2D eigenvalue weighted by atomic mass is 10.0. The quantitative estimate of drug-likeness (QED) is 0.277. The number of benzene rings is 2. The van der Waals surface area contributed by atoms with Crippen LogP contribution in [0.25, 0.3) is 11.8 Å². The Labute approximate surface area is 220 Å². The summed E-state index contributed by atoms with van der Waals surface area (Å²) in [6.07, 6.45) is 4.77. The third-order valence-electron chi connectivity index (χ3n) is 5.28. The molecule has 1 atom stereocenters. The van der Waals surface area contributed by atoms with Crippen molar-refractivity contribution in [1.82, 2.24) is 30.5 Å². The van der Waals surface area contributed by atoms with Gasteiger partial charge in [0.25, 0.3) is 0 Å². The molecule has 4 rings (SSSR count). The number of aromatic nitrogens is 5. The first-order chi connectivity index (χ1) is 18.3. The summed E-state index contributed by atoms with van der Waals surface area (Å²) >= 11 is 5.92. The van der Waals surface area contributed by atoms with Gasteiger partial charge in [-0.2, -0.15) is 4.68 Å². The summed E-state index contributed by atoms with van der Waals surface area (Å²) in [5, 5.41) is 24.8. The molecule has 13 heteroatoms. The number of anilines is 1. The van der Waals surface area contributed by atoms with Gasteiger partial charge in [0.2, 0.25) is 11.8 Å². The number of aromatic carboxylic acids is 1. The molecule has 0 aliphatic carbocycles. The number of nitrogens with one attached hydrogen (secondary N) is 2. The molecule has 0 aliphatic heterocycles. The number of tetrazole rings is 1. The topological polar surface area (TPSA) is 152 Å². The molecule has 0 fully saturated rings. The molecule has 2 amide bonds. The summed E-state index contributed by atoms with van der Waals surface area (Å²) in [4.78, 5) is 40.8. The predicted molar refractivity (Wildman–Crippen MR) is 135 cm³/mol. The van der Waals surface area contributed by atoms with E-state index >= 15 is 0 Å². The van der Waals surface area contributed by atoms with Crippen molar-refractivity contribution in [2.45, 2.75) is 12.5 Å². The van der Waals surface area contributed by atoms with E-state index in [1.807, 2.05) is 6.07 Å². The van der Waals surface area contributed by atoms with Crippen LogP contribution in [-0.4, -0.2) is 54.1 Å². The Morgan fingerprint density at radius 2 is 1.89 bits per heavy atom. The highest BCUT2D eigenvalue weighted by atomic mass is 35.5. The van der Waals surface area contributed by atoms with Crippen molar-refractivity contribution in [2.75, 3.05) is 5.32 Å². The minimum Gasteiger partial charge on any atom is -0.478 e. The maximum Gasteiger partial charge on any atom is 0.337 e. The predicted octanol–water partition coefficient (Wildman–Crippen LogP) is 2.93. The van der Waals surface area contributed by atoms with Crippen LogP contribution in [0.3, 0.4) is 0 Å². The Morgan fingerprint density at radius 3 is 2.55 bits per heavy atom. The zero-order valence-corrected chi connectivity index (χ0v) is 20.2. The van der Waals surface area contributed by atoms with Gasteiger partial charge in [-0.3, -0.25) is 9.59 Å². The molecule has 4 aromatic rings. The number of rotatable bonds is 9. The fourth-order valence-electron chi connectivity index (χ4n) is 3.43. The summed E-state index contributed by atoms with van der Waals surface area (Å²) in [6, 6.07) is 13.4. The van der Waals surface area contributed by atoms with Gasteiger partial charge in [0, 0.05) is 24.3 Å². The number of hydrogen-bond acceptors (Lipinski definition) is 7. The monoisotopic (exact) mass is 535 g/mol.